The Morgan fingerprint density at radius 1 is 1.27 bits per heavy atom. The summed E-state index contributed by atoms with van der Waals surface area (Å²) in [5, 5.41) is 16.4. The fraction of sp³-hybridized carbons (Fsp3) is 0.429. The Morgan fingerprint density at radius 2 is 1.91 bits per heavy atom. The second kappa shape index (κ2) is 5.61. The van der Waals surface area contributed by atoms with E-state index in [1.807, 2.05) is 0 Å². The lowest BCUT2D eigenvalue weighted by atomic mass is 10.2. The largest absolute Gasteiger partial charge is 0.478 e. The molecule has 0 bridgehead atoms. The van der Waals surface area contributed by atoms with Gasteiger partial charge in [-0.15, -0.1) is 0 Å². The van der Waals surface area contributed by atoms with Crippen molar-refractivity contribution in [3.05, 3.63) is 12.2 Å². The lowest BCUT2D eigenvalue weighted by Gasteiger charge is -1.89. The minimum Gasteiger partial charge on any atom is -0.478 e. The van der Waals surface area contributed by atoms with Gasteiger partial charge in [0.15, 0.2) is 5.78 Å². The molecule has 2 N–H and O–H groups in total. The molecule has 0 aliphatic carbocycles. The maximum Gasteiger partial charge on any atom is 0.328 e. The number of ketones is 1. The molecule has 0 aliphatic rings. The van der Waals surface area contributed by atoms with Crippen LogP contribution in [0.15, 0.2) is 12.2 Å². The van der Waals surface area contributed by atoms with Crippen LogP contribution in [0, 0.1) is 0 Å². The van der Waals surface area contributed by atoms with E-state index in [1.165, 1.54) is 0 Å². The van der Waals surface area contributed by atoms with Crippen molar-refractivity contribution in [2.24, 2.45) is 0 Å². The minimum atomic E-state index is -1.14. The van der Waals surface area contributed by atoms with Gasteiger partial charge >= 0.3 is 5.97 Å². The van der Waals surface area contributed by atoms with Gasteiger partial charge in [-0.2, -0.15) is 0 Å². The Kier molecular flexibility index (Phi) is 5.02. The molecular weight excluding hydrogens is 148 g/mol. The van der Waals surface area contributed by atoms with Gasteiger partial charge in [0.05, 0.1) is 0 Å². The summed E-state index contributed by atoms with van der Waals surface area (Å²) in [6, 6.07) is 0. The SMILES string of the molecule is O=C(O)/C=C\C(=O)CCCO. The van der Waals surface area contributed by atoms with E-state index >= 15 is 0 Å². The van der Waals surface area contributed by atoms with Crippen molar-refractivity contribution in [1.29, 1.82) is 0 Å². The van der Waals surface area contributed by atoms with Gasteiger partial charge in [0.2, 0.25) is 0 Å². The molecule has 4 heteroatoms. The van der Waals surface area contributed by atoms with Crippen LogP contribution in [0.5, 0.6) is 0 Å². The number of allylic oxidation sites excluding steroid dienone is 1. The molecule has 0 radical (unpaired) electrons. The summed E-state index contributed by atoms with van der Waals surface area (Å²) in [6.45, 7) is -0.0490. The van der Waals surface area contributed by atoms with Crippen LogP contribution < -0.4 is 0 Å². The monoisotopic (exact) mass is 158 g/mol. The van der Waals surface area contributed by atoms with Gasteiger partial charge in [-0.1, -0.05) is 0 Å². The average Bonchev–Trinajstić information content (AvgIpc) is 1.97. The van der Waals surface area contributed by atoms with Crippen LogP contribution in [0.25, 0.3) is 0 Å². The average molecular weight is 158 g/mol. The van der Waals surface area contributed by atoms with Crippen LogP contribution in [0.3, 0.4) is 0 Å². The number of rotatable bonds is 5. The smallest absolute Gasteiger partial charge is 0.328 e. The second-order valence-electron chi connectivity index (χ2n) is 1.97. The lowest BCUT2D eigenvalue weighted by Crippen LogP contribution is -1.96. The minimum absolute atomic E-state index is 0.0490. The van der Waals surface area contributed by atoms with Gasteiger partial charge in [-0.05, 0) is 12.5 Å². The van der Waals surface area contributed by atoms with Crippen LogP contribution >= 0.6 is 0 Å². The van der Waals surface area contributed by atoms with E-state index in [1.54, 1.807) is 0 Å². The van der Waals surface area contributed by atoms with Gasteiger partial charge < -0.3 is 10.2 Å². The highest BCUT2D eigenvalue weighted by Gasteiger charge is 1.95. The Balaban J connectivity index is 3.60. The maximum absolute atomic E-state index is 10.6. The fourth-order valence-corrected chi connectivity index (χ4v) is 0.501. The molecule has 0 aromatic carbocycles. The first-order chi connectivity index (χ1) is 5.16. The van der Waals surface area contributed by atoms with E-state index in [9.17, 15) is 9.59 Å². The number of hydrogen-bond acceptors (Lipinski definition) is 3. The van der Waals surface area contributed by atoms with Crippen molar-refractivity contribution in [3.8, 4) is 0 Å². The number of aliphatic carboxylic acids is 1. The normalized spacial score (nSPS) is 10.3. The molecule has 0 aromatic rings. The second-order valence-corrected chi connectivity index (χ2v) is 1.97. The van der Waals surface area contributed by atoms with Gasteiger partial charge in [-0.3, -0.25) is 4.79 Å². The summed E-state index contributed by atoms with van der Waals surface area (Å²) in [7, 11) is 0. The first kappa shape index (κ1) is 9.84. The summed E-state index contributed by atoms with van der Waals surface area (Å²) >= 11 is 0. The number of carbonyl (C=O) groups is 2. The zero-order chi connectivity index (χ0) is 8.69. The molecule has 0 atom stereocenters. The van der Waals surface area contributed by atoms with E-state index in [-0.39, 0.29) is 18.8 Å². The molecule has 0 saturated heterocycles. The highest BCUT2D eigenvalue weighted by molar-refractivity contribution is 5.95. The zero-order valence-electron chi connectivity index (χ0n) is 5.99. The number of hydrogen-bond donors (Lipinski definition) is 2. The Bertz CT molecular complexity index is 171. The standard InChI is InChI=1S/C7H10O4/c8-5-1-2-6(9)3-4-7(10)11/h3-4,8H,1-2,5H2,(H,10,11)/b4-3-. The van der Waals surface area contributed by atoms with Crippen molar-refractivity contribution in [2.75, 3.05) is 6.61 Å². The summed E-state index contributed by atoms with van der Waals surface area (Å²) in [6.07, 6.45) is 2.36. The molecular formula is C7H10O4. The van der Waals surface area contributed by atoms with E-state index < -0.39 is 5.97 Å². The first-order valence-corrected chi connectivity index (χ1v) is 3.21. The number of aliphatic hydroxyl groups is 1. The first-order valence-electron chi connectivity index (χ1n) is 3.21. The number of carboxylic acid groups (broad SMARTS) is 1. The predicted octanol–water partition coefficient (Wildman–Crippen LogP) is -0.0312. The topological polar surface area (TPSA) is 74.6 Å². The molecule has 0 spiro atoms. The van der Waals surface area contributed by atoms with Crippen LogP contribution in [0.2, 0.25) is 0 Å². The van der Waals surface area contributed by atoms with E-state index in [0.29, 0.717) is 6.42 Å². The van der Waals surface area contributed by atoms with Gasteiger partial charge in [0.25, 0.3) is 0 Å². The molecule has 0 saturated carbocycles. The molecule has 0 amide bonds. The number of carboxylic acids is 1. The van der Waals surface area contributed by atoms with E-state index in [0.717, 1.165) is 12.2 Å². The quantitative estimate of drug-likeness (QED) is 0.551. The maximum atomic E-state index is 10.6. The highest BCUT2D eigenvalue weighted by atomic mass is 16.4. The molecule has 0 fully saturated rings. The van der Waals surface area contributed by atoms with Crippen LogP contribution in [-0.2, 0) is 9.59 Å². The molecule has 4 nitrogen and oxygen atoms in total. The third-order valence-electron chi connectivity index (χ3n) is 0.993. The Morgan fingerprint density at radius 3 is 2.36 bits per heavy atom. The van der Waals surface area contributed by atoms with Crippen molar-refractivity contribution in [3.63, 3.8) is 0 Å². The summed E-state index contributed by atoms with van der Waals surface area (Å²) < 4.78 is 0. The fourth-order valence-electron chi connectivity index (χ4n) is 0.501. The van der Waals surface area contributed by atoms with Crippen molar-refractivity contribution < 1.29 is 19.8 Å². The van der Waals surface area contributed by atoms with Crippen LogP contribution in [0.4, 0.5) is 0 Å². The van der Waals surface area contributed by atoms with Crippen molar-refractivity contribution in [1.82, 2.24) is 0 Å². The summed E-state index contributed by atoms with van der Waals surface area (Å²) in [5.74, 6) is -1.41. The highest BCUT2D eigenvalue weighted by Crippen LogP contribution is 1.90. The van der Waals surface area contributed by atoms with Crippen LogP contribution in [-0.4, -0.2) is 28.6 Å². The van der Waals surface area contributed by atoms with Gasteiger partial charge in [-0.25, -0.2) is 4.79 Å². The lowest BCUT2D eigenvalue weighted by molar-refractivity contribution is -0.131. The van der Waals surface area contributed by atoms with Crippen LogP contribution in [0.1, 0.15) is 12.8 Å². The molecule has 0 rings (SSSR count). The van der Waals surface area contributed by atoms with Crippen molar-refractivity contribution in [2.45, 2.75) is 12.8 Å². The third-order valence-corrected chi connectivity index (χ3v) is 0.993. The molecule has 0 heterocycles. The van der Waals surface area contributed by atoms with Gasteiger partial charge in [0, 0.05) is 19.1 Å². The molecule has 0 aromatic heterocycles. The summed E-state index contributed by atoms with van der Waals surface area (Å²) in [4.78, 5) is 20.5. The van der Waals surface area contributed by atoms with Gasteiger partial charge in [0.1, 0.15) is 0 Å². The molecule has 0 unspecified atom stereocenters. The predicted molar refractivity (Wildman–Crippen MR) is 38.1 cm³/mol. The number of aliphatic hydroxyl groups excluding tert-OH is 1. The Labute approximate surface area is 64.2 Å². The molecule has 11 heavy (non-hydrogen) atoms. The van der Waals surface area contributed by atoms with Crippen molar-refractivity contribution >= 4 is 11.8 Å². The Hall–Kier alpha value is -1.16. The third kappa shape index (κ3) is 6.73. The summed E-state index contributed by atoms with van der Waals surface area (Å²) in [5.41, 5.74) is 0. The molecule has 62 valence electrons. The number of carbonyl (C=O) groups excluding carboxylic acids is 1. The zero-order valence-corrected chi connectivity index (χ0v) is 5.99. The van der Waals surface area contributed by atoms with E-state index in [4.69, 9.17) is 10.2 Å². The molecule has 0 aliphatic heterocycles. The van der Waals surface area contributed by atoms with E-state index in [2.05, 4.69) is 0 Å².